The third-order valence-electron chi connectivity index (χ3n) is 5.33. The summed E-state index contributed by atoms with van der Waals surface area (Å²) in [5, 5.41) is 12.1. The number of amides is 1. The Balaban J connectivity index is 1.74. The molecule has 1 aliphatic rings. The number of aliphatic hydroxyl groups is 1. The number of ether oxygens (including phenoxy) is 1. The first-order valence-electron chi connectivity index (χ1n) is 9.47. The molecule has 0 radical (unpaired) electrons. The van der Waals surface area contributed by atoms with Gasteiger partial charge in [0, 0.05) is 29.5 Å². The van der Waals surface area contributed by atoms with Gasteiger partial charge in [0.05, 0.1) is 6.04 Å². The average molecular weight is 443 g/mol. The summed E-state index contributed by atoms with van der Waals surface area (Å²) in [6.45, 7) is 0. The first-order valence-corrected chi connectivity index (χ1v) is 10.2. The lowest BCUT2D eigenvalue weighted by Crippen LogP contribution is -2.51. The molecule has 2 aromatic carbocycles. The van der Waals surface area contributed by atoms with E-state index in [1.807, 2.05) is 24.3 Å². The van der Waals surface area contributed by atoms with Crippen molar-refractivity contribution in [2.45, 2.75) is 24.4 Å². The van der Waals surface area contributed by atoms with E-state index in [2.05, 4.69) is 4.98 Å². The minimum Gasteiger partial charge on any atom is -0.385 e. The molecule has 4 unspecified atom stereocenters. The highest BCUT2D eigenvalue weighted by molar-refractivity contribution is 6.30. The highest BCUT2D eigenvalue weighted by atomic mass is 35.5. The molecule has 1 saturated heterocycles. The Morgan fingerprint density at radius 2 is 1.47 bits per heavy atom. The van der Waals surface area contributed by atoms with Crippen molar-refractivity contribution >= 4 is 29.1 Å². The molecule has 0 spiro atoms. The number of likely N-dealkylation sites (N-methyl/N-ethyl adjacent to an activating group) is 1. The molecular weight excluding hydrogens is 423 g/mol. The van der Waals surface area contributed by atoms with Crippen molar-refractivity contribution in [1.82, 2.24) is 9.88 Å². The summed E-state index contributed by atoms with van der Waals surface area (Å²) < 4.78 is 6.27. The summed E-state index contributed by atoms with van der Waals surface area (Å²) in [6.07, 6.45) is 0.462. The van der Waals surface area contributed by atoms with Crippen LogP contribution in [-0.2, 0) is 9.53 Å². The molecule has 4 atom stereocenters. The lowest BCUT2D eigenvalue weighted by molar-refractivity contribution is -0.185. The van der Waals surface area contributed by atoms with Gasteiger partial charge in [0.25, 0.3) is 5.91 Å². The predicted octanol–water partition coefficient (Wildman–Crippen LogP) is 4.76. The van der Waals surface area contributed by atoms with Crippen LogP contribution in [0, 0.1) is 0 Å². The Hall–Kier alpha value is -2.44. The zero-order valence-corrected chi connectivity index (χ0v) is 17.7. The van der Waals surface area contributed by atoms with E-state index in [9.17, 15) is 9.90 Å². The van der Waals surface area contributed by atoms with E-state index in [-0.39, 0.29) is 5.91 Å². The third kappa shape index (κ3) is 4.07. The Morgan fingerprint density at radius 1 is 0.933 bits per heavy atom. The monoisotopic (exact) mass is 442 g/mol. The Labute approximate surface area is 184 Å². The van der Waals surface area contributed by atoms with Crippen LogP contribution >= 0.6 is 23.2 Å². The summed E-state index contributed by atoms with van der Waals surface area (Å²) >= 11 is 12.1. The zero-order valence-electron chi connectivity index (χ0n) is 16.2. The number of nitrogens with zero attached hydrogens (tertiary/aromatic N) is 2. The summed E-state index contributed by atoms with van der Waals surface area (Å²) in [4.78, 5) is 18.8. The van der Waals surface area contributed by atoms with Gasteiger partial charge in [-0.05, 0) is 53.1 Å². The minimum atomic E-state index is -1.12. The molecule has 1 aromatic heterocycles. The number of carbonyl (C=O) groups excluding carboxylic acids is 1. The number of aliphatic hydroxyl groups excluding tert-OH is 1. The summed E-state index contributed by atoms with van der Waals surface area (Å²) in [6, 6.07) is 17.6. The fourth-order valence-electron chi connectivity index (χ4n) is 3.75. The van der Waals surface area contributed by atoms with Crippen molar-refractivity contribution in [1.29, 1.82) is 0 Å². The largest absolute Gasteiger partial charge is 0.385 e. The molecule has 30 heavy (non-hydrogen) atoms. The van der Waals surface area contributed by atoms with E-state index in [1.165, 1.54) is 0 Å². The van der Waals surface area contributed by atoms with Gasteiger partial charge in [-0.25, -0.2) is 0 Å². The number of hydrogen-bond donors (Lipinski definition) is 1. The van der Waals surface area contributed by atoms with Crippen molar-refractivity contribution in [3.8, 4) is 0 Å². The second kappa shape index (κ2) is 8.74. The average Bonchev–Trinajstić information content (AvgIpc) is 2.77. The summed E-state index contributed by atoms with van der Waals surface area (Å²) in [7, 11) is 1.72. The molecule has 2 heterocycles. The Morgan fingerprint density at radius 3 is 2.03 bits per heavy atom. The van der Waals surface area contributed by atoms with Crippen LogP contribution in [0.25, 0.3) is 0 Å². The van der Waals surface area contributed by atoms with Gasteiger partial charge >= 0.3 is 0 Å². The van der Waals surface area contributed by atoms with Gasteiger partial charge in [-0.3, -0.25) is 9.78 Å². The number of hydrogen-bond acceptors (Lipinski definition) is 4. The minimum absolute atomic E-state index is 0.301. The topological polar surface area (TPSA) is 62.7 Å². The highest BCUT2D eigenvalue weighted by Crippen LogP contribution is 2.43. The van der Waals surface area contributed by atoms with Crippen LogP contribution in [0.4, 0.5) is 0 Å². The smallest absolute Gasteiger partial charge is 0.255 e. The number of pyridine rings is 1. The lowest BCUT2D eigenvalue weighted by Gasteiger charge is -2.44. The lowest BCUT2D eigenvalue weighted by atomic mass is 9.90. The van der Waals surface area contributed by atoms with Crippen molar-refractivity contribution in [3.05, 3.63) is 99.8 Å². The van der Waals surface area contributed by atoms with Gasteiger partial charge in [0.2, 0.25) is 0 Å². The molecule has 0 aliphatic carbocycles. The summed E-state index contributed by atoms with van der Waals surface area (Å²) in [5.74, 6) is -0.301. The van der Waals surface area contributed by atoms with Crippen molar-refractivity contribution in [3.63, 3.8) is 0 Å². The molecule has 1 amide bonds. The number of rotatable bonds is 4. The molecular formula is C23H20Cl2N2O3. The fourth-order valence-corrected chi connectivity index (χ4v) is 4.00. The molecule has 1 fully saturated rings. The predicted molar refractivity (Wildman–Crippen MR) is 115 cm³/mol. The second-order valence-corrected chi connectivity index (χ2v) is 8.07. The normalized spacial score (nSPS) is 22.7. The van der Waals surface area contributed by atoms with Crippen molar-refractivity contribution < 1.29 is 14.6 Å². The van der Waals surface area contributed by atoms with E-state index in [1.54, 1.807) is 60.7 Å². The molecule has 7 heteroatoms. The van der Waals surface area contributed by atoms with Gasteiger partial charge in [0.1, 0.15) is 12.2 Å². The van der Waals surface area contributed by atoms with Crippen LogP contribution in [-0.4, -0.2) is 34.0 Å². The van der Waals surface area contributed by atoms with Crippen LogP contribution in [0.2, 0.25) is 10.0 Å². The number of benzene rings is 2. The van der Waals surface area contributed by atoms with Crippen molar-refractivity contribution in [2.75, 3.05) is 7.05 Å². The molecule has 0 saturated carbocycles. The van der Waals surface area contributed by atoms with Gasteiger partial charge in [-0.15, -0.1) is 0 Å². The number of morpholine rings is 1. The number of carbonyl (C=O) groups is 1. The van der Waals surface area contributed by atoms with E-state index in [4.69, 9.17) is 27.9 Å². The number of aromatic nitrogens is 1. The van der Waals surface area contributed by atoms with Crippen LogP contribution in [0.15, 0.2) is 73.1 Å². The van der Waals surface area contributed by atoms with E-state index in [0.717, 1.165) is 11.1 Å². The van der Waals surface area contributed by atoms with Crippen LogP contribution in [0.5, 0.6) is 0 Å². The maximum absolute atomic E-state index is 13.2. The van der Waals surface area contributed by atoms with Crippen LogP contribution in [0.3, 0.4) is 0 Å². The first kappa shape index (κ1) is 20.8. The van der Waals surface area contributed by atoms with E-state index in [0.29, 0.717) is 15.6 Å². The van der Waals surface area contributed by atoms with Crippen LogP contribution in [0.1, 0.15) is 34.9 Å². The molecule has 0 bridgehead atoms. The molecule has 4 rings (SSSR count). The summed E-state index contributed by atoms with van der Waals surface area (Å²) in [5.41, 5.74) is 2.30. The Bertz CT molecular complexity index is 1010. The molecule has 3 aromatic rings. The maximum Gasteiger partial charge on any atom is 0.255 e. The molecule has 1 aliphatic heterocycles. The highest BCUT2D eigenvalue weighted by Gasteiger charge is 2.45. The SMILES string of the molecule is CN1C(=O)C(C(O)c2ccncc2)OC(c2ccc(Cl)cc2)C1c1ccc(Cl)cc1. The molecule has 5 nitrogen and oxygen atoms in total. The van der Waals surface area contributed by atoms with Gasteiger partial charge in [0.15, 0.2) is 6.10 Å². The third-order valence-corrected chi connectivity index (χ3v) is 5.84. The molecule has 154 valence electrons. The van der Waals surface area contributed by atoms with Gasteiger partial charge in [-0.1, -0.05) is 47.5 Å². The van der Waals surface area contributed by atoms with E-state index >= 15 is 0 Å². The zero-order chi connectivity index (χ0) is 21.3. The maximum atomic E-state index is 13.2. The van der Waals surface area contributed by atoms with Gasteiger partial charge < -0.3 is 14.7 Å². The fraction of sp³-hybridized carbons (Fsp3) is 0.217. The first-order chi connectivity index (χ1) is 14.5. The molecule has 1 N–H and O–H groups in total. The standard InChI is InChI=1S/C23H20Cl2N2O3/c1-27-19(14-2-6-17(24)7-3-14)21(16-4-8-18(25)9-5-16)30-22(23(27)29)20(28)15-10-12-26-13-11-15/h2-13,19-22,28H,1H3. The van der Waals surface area contributed by atoms with E-state index < -0.39 is 24.4 Å². The van der Waals surface area contributed by atoms with Gasteiger partial charge in [-0.2, -0.15) is 0 Å². The van der Waals surface area contributed by atoms with Crippen LogP contribution < -0.4 is 0 Å². The number of halogens is 2. The Kier molecular flexibility index (Phi) is 6.06. The second-order valence-electron chi connectivity index (χ2n) is 7.20. The quantitative estimate of drug-likeness (QED) is 0.632. The van der Waals surface area contributed by atoms with Crippen molar-refractivity contribution in [2.24, 2.45) is 0 Å².